The van der Waals surface area contributed by atoms with Crippen LogP contribution in [0.2, 0.25) is 0 Å². The Balaban J connectivity index is 0.000000487. The van der Waals surface area contributed by atoms with Crippen molar-refractivity contribution in [2.24, 2.45) is 0 Å². The quantitative estimate of drug-likeness (QED) is 0.532. The number of unbranched alkanes of at least 4 members (excludes halogenated alkanes) is 5. The van der Waals surface area contributed by atoms with Crippen LogP contribution in [0.5, 0.6) is 0 Å². The predicted molar refractivity (Wildman–Crippen MR) is 96.7 cm³/mol. The van der Waals surface area contributed by atoms with Crippen LogP contribution in [-0.2, 0) is 16.0 Å². The molecule has 1 aliphatic heterocycles. The number of hydrogen-bond acceptors (Lipinski definition) is 6. The summed E-state index contributed by atoms with van der Waals surface area (Å²) in [5, 5.41) is 18.9. The van der Waals surface area contributed by atoms with Crippen molar-refractivity contribution in [3.63, 3.8) is 0 Å². The Bertz CT molecular complexity index is 585. The molecule has 0 fully saturated rings. The minimum Gasteiger partial charge on any atom is -0.473 e. The Labute approximate surface area is 153 Å². The van der Waals surface area contributed by atoms with Gasteiger partial charge < -0.3 is 19.6 Å². The zero-order chi connectivity index (χ0) is 19.4. The summed E-state index contributed by atoms with van der Waals surface area (Å²) in [6.07, 6.45) is 12.0. The van der Waals surface area contributed by atoms with Crippen molar-refractivity contribution in [1.82, 2.24) is 15.0 Å². The molecule has 2 heterocycles. The summed E-state index contributed by atoms with van der Waals surface area (Å²) in [5.41, 5.74) is 1.18. The Morgan fingerprint density at radius 1 is 1.15 bits per heavy atom. The number of aliphatic carboxylic acids is 2. The highest BCUT2D eigenvalue weighted by molar-refractivity contribution is 6.27. The molecule has 0 radical (unpaired) electrons. The van der Waals surface area contributed by atoms with Crippen molar-refractivity contribution in [3.05, 3.63) is 17.8 Å². The van der Waals surface area contributed by atoms with Gasteiger partial charge in [0, 0.05) is 25.1 Å². The van der Waals surface area contributed by atoms with Gasteiger partial charge in [-0.15, -0.1) is 0 Å². The topological polar surface area (TPSA) is 117 Å². The van der Waals surface area contributed by atoms with E-state index in [0.717, 1.165) is 37.6 Å². The van der Waals surface area contributed by atoms with Gasteiger partial charge in [-0.1, -0.05) is 50.3 Å². The van der Waals surface area contributed by atoms with E-state index in [9.17, 15) is 0 Å². The molecule has 1 aromatic rings. The predicted octanol–water partition coefficient (Wildman–Crippen LogP) is 2.85. The number of rotatable bonds is 8. The summed E-state index contributed by atoms with van der Waals surface area (Å²) >= 11 is 0. The molecule has 0 spiro atoms. The van der Waals surface area contributed by atoms with E-state index in [4.69, 9.17) is 24.3 Å². The minimum atomic E-state index is -1.82. The molecule has 1 aromatic heterocycles. The summed E-state index contributed by atoms with van der Waals surface area (Å²) in [6.45, 7) is 4.28. The van der Waals surface area contributed by atoms with Gasteiger partial charge in [0.15, 0.2) is 5.82 Å². The largest absolute Gasteiger partial charge is 0.473 e. The van der Waals surface area contributed by atoms with Gasteiger partial charge in [0.2, 0.25) is 0 Å². The van der Waals surface area contributed by atoms with Gasteiger partial charge >= 0.3 is 11.9 Å². The fourth-order valence-electron chi connectivity index (χ4n) is 2.60. The van der Waals surface area contributed by atoms with Crippen LogP contribution >= 0.6 is 0 Å². The number of carbonyl (C=O) groups is 2. The first kappa shape index (κ1) is 21.8. The van der Waals surface area contributed by atoms with Crippen LogP contribution in [0.1, 0.15) is 63.6 Å². The first-order chi connectivity index (χ1) is 12.4. The molecule has 0 amide bonds. The second kappa shape index (κ2) is 12.2. The molecule has 0 bridgehead atoms. The molecule has 0 aromatic carbocycles. The smallest absolute Gasteiger partial charge is 0.414 e. The third kappa shape index (κ3) is 8.75. The van der Waals surface area contributed by atoms with E-state index in [2.05, 4.69) is 35.1 Å². The lowest BCUT2D eigenvalue weighted by molar-refractivity contribution is -0.159. The summed E-state index contributed by atoms with van der Waals surface area (Å²) in [5.74, 6) is -2.06. The fourth-order valence-corrected chi connectivity index (χ4v) is 2.60. The molecule has 26 heavy (non-hydrogen) atoms. The molecule has 2 rings (SSSR count). The Morgan fingerprint density at radius 2 is 1.81 bits per heavy atom. The zero-order valence-corrected chi connectivity index (χ0v) is 15.6. The van der Waals surface area contributed by atoms with Crippen molar-refractivity contribution < 1.29 is 24.3 Å². The third-order valence-corrected chi connectivity index (χ3v) is 4.02. The fraction of sp³-hybridized carbons (Fsp3) is 0.667. The van der Waals surface area contributed by atoms with Gasteiger partial charge in [-0.05, 0) is 19.9 Å². The van der Waals surface area contributed by atoms with Gasteiger partial charge in [-0.3, -0.25) is 0 Å². The first-order valence-corrected chi connectivity index (χ1v) is 9.10. The average molecular weight is 367 g/mol. The summed E-state index contributed by atoms with van der Waals surface area (Å²) < 4.78 is 5.39. The van der Waals surface area contributed by atoms with Crippen LogP contribution in [0.25, 0.3) is 5.57 Å². The lowest BCUT2D eigenvalue weighted by atomic mass is 10.1. The van der Waals surface area contributed by atoms with Gasteiger partial charge in [0.05, 0.1) is 0 Å². The van der Waals surface area contributed by atoms with Gasteiger partial charge in [-0.2, -0.15) is 4.98 Å². The highest BCUT2D eigenvalue weighted by Crippen LogP contribution is 2.18. The summed E-state index contributed by atoms with van der Waals surface area (Å²) in [4.78, 5) is 25.0. The van der Waals surface area contributed by atoms with Crippen molar-refractivity contribution >= 4 is 17.5 Å². The molecule has 0 saturated heterocycles. The van der Waals surface area contributed by atoms with Gasteiger partial charge in [0.1, 0.15) is 0 Å². The lowest BCUT2D eigenvalue weighted by Crippen LogP contribution is -2.25. The summed E-state index contributed by atoms with van der Waals surface area (Å²) in [6, 6.07) is 0. The van der Waals surface area contributed by atoms with Crippen molar-refractivity contribution in [3.8, 4) is 0 Å². The molecule has 8 heteroatoms. The zero-order valence-electron chi connectivity index (χ0n) is 15.6. The standard InChI is InChI=1S/C16H27N3O.C2H2O4/c1-3-4-5-6-7-8-11-15-17-16(20-18-15)14-10-9-12-19(2)13-14;3-1(4)2(5)6/h10H,3-9,11-13H2,1-2H3;(H,3,4)(H,5,6). The highest BCUT2D eigenvalue weighted by Gasteiger charge is 2.16. The SMILES string of the molecule is CCCCCCCCc1noc(C2=CCCN(C)C2)n1.O=C(O)C(=O)O. The van der Waals surface area contributed by atoms with Crippen LogP contribution in [-0.4, -0.2) is 57.3 Å². The molecule has 0 saturated carbocycles. The van der Waals surface area contributed by atoms with Crippen molar-refractivity contribution in [2.45, 2.75) is 58.3 Å². The average Bonchev–Trinajstić information content (AvgIpc) is 3.07. The maximum absolute atomic E-state index is 9.10. The Morgan fingerprint density at radius 3 is 2.42 bits per heavy atom. The molecule has 8 nitrogen and oxygen atoms in total. The van der Waals surface area contributed by atoms with Crippen LogP contribution in [0.4, 0.5) is 0 Å². The molecule has 1 aliphatic rings. The van der Waals surface area contributed by atoms with E-state index < -0.39 is 11.9 Å². The molecule has 0 unspecified atom stereocenters. The molecule has 0 aliphatic carbocycles. The van der Waals surface area contributed by atoms with Crippen LogP contribution < -0.4 is 0 Å². The molecule has 2 N–H and O–H groups in total. The molecule has 0 atom stereocenters. The van der Waals surface area contributed by atoms with Crippen LogP contribution in [0.3, 0.4) is 0 Å². The van der Waals surface area contributed by atoms with Crippen LogP contribution in [0, 0.1) is 0 Å². The van der Waals surface area contributed by atoms with E-state index >= 15 is 0 Å². The maximum Gasteiger partial charge on any atom is 0.414 e. The summed E-state index contributed by atoms with van der Waals surface area (Å²) in [7, 11) is 2.13. The number of carboxylic acids is 2. The normalized spacial score (nSPS) is 14.3. The van der Waals surface area contributed by atoms with Gasteiger partial charge in [0.25, 0.3) is 5.89 Å². The van der Waals surface area contributed by atoms with E-state index in [0.29, 0.717) is 0 Å². The van der Waals surface area contributed by atoms with Crippen molar-refractivity contribution in [1.29, 1.82) is 0 Å². The van der Waals surface area contributed by atoms with E-state index in [1.54, 1.807) is 0 Å². The number of nitrogens with zero attached hydrogens (tertiary/aromatic N) is 3. The molecular formula is C18H29N3O5. The number of aryl methyl sites for hydroxylation is 1. The van der Waals surface area contributed by atoms with Gasteiger partial charge in [-0.25, -0.2) is 9.59 Å². The Hall–Kier alpha value is -2.22. The molecule has 146 valence electrons. The third-order valence-electron chi connectivity index (χ3n) is 4.02. The molecular weight excluding hydrogens is 338 g/mol. The second-order valence-electron chi connectivity index (χ2n) is 6.40. The number of hydrogen-bond donors (Lipinski definition) is 2. The van der Waals surface area contributed by atoms with E-state index in [-0.39, 0.29) is 0 Å². The minimum absolute atomic E-state index is 0.720. The van der Waals surface area contributed by atoms with Crippen LogP contribution in [0.15, 0.2) is 10.6 Å². The second-order valence-corrected chi connectivity index (χ2v) is 6.40. The number of aromatic nitrogens is 2. The lowest BCUT2D eigenvalue weighted by Gasteiger charge is -2.20. The maximum atomic E-state index is 9.10. The Kier molecular flexibility index (Phi) is 10.2. The van der Waals surface area contributed by atoms with E-state index in [1.807, 2.05) is 0 Å². The highest BCUT2D eigenvalue weighted by atomic mass is 16.5. The number of likely N-dealkylation sites (N-methyl/N-ethyl adjacent to an activating group) is 1. The first-order valence-electron chi connectivity index (χ1n) is 9.10. The van der Waals surface area contributed by atoms with E-state index in [1.165, 1.54) is 44.1 Å². The van der Waals surface area contributed by atoms with Crippen molar-refractivity contribution in [2.75, 3.05) is 20.1 Å². The number of carboxylic acid groups (broad SMARTS) is 2. The monoisotopic (exact) mass is 367 g/mol.